The molecule has 13 heavy (non-hydrogen) atoms. The van der Waals surface area contributed by atoms with E-state index in [1.807, 2.05) is 0 Å². The monoisotopic (exact) mass is 205 g/mol. The van der Waals surface area contributed by atoms with E-state index in [0.717, 1.165) is 0 Å². The maximum atomic E-state index is 11.2. The normalized spacial score (nSPS) is 29.0. The van der Waals surface area contributed by atoms with Crippen LogP contribution in [-0.2, 0) is 4.79 Å². The molecule has 5 heteroatoms. The number of piperidine rings is 1. The van der Waals surface area contributed by atoms with Gasteiger partial charge in [0.05, 0.1) is 18.5 Å². The minimum Gasteiger partial charge on any atom is -0.396 e. The molecule has 2 unspecified atom stereocenters. The lowest BCUT2D eigenvalue weighted by Crippen LogP contribution is -2.47. The Labute approximate surface area is 83.0 Å². The summed E-state index contributed by atoms with van der Waals surface area (Å²) in [5, 5.41) is 18.3. The van der Waals surface area contributed by atoms with Gasteiger partial charge in [-0.1, -0.05) is 0 Å². The largest absolute Gasteiger partial charge is 0.396 e. The number of aliphatic hydroxyl groups is 2. The minimum absolute atomic E-state index is 0.0336. The molecule has 0 radical (unpaired) electrons. The van der Waals surface area contributed by atoms with Crippen molar-refractivity contribution in [3.05, 3.63) is 0 Å². The van der Waals surface area contributed by atoms with E-state index < -0.39 is 6.10 Å². The highest BCUT2D eigenvalue weighted by atomic mass is 32.1. The molecule has 0 bridgehead atoms. The van der Waals surface area contributed by atoms with E-state index in [-0.39, 0.29) is 24.2 Å². The van der Waals surface area contributed by atoms with Crippen molar-refractivity contribution in [2.24, 2.45) is 5.92 Å². The lowest BCUT2D eigenvalue weighted by molar-refractivity contribution is -0.132. The molecular weight excluding hydrogens is 190 g/mol. The fourth-order valence-electron chi connectivity index (χ4n) is 1.53. The summed E-state index contributed by atoms with van der Waals surface area (Å²) in [6.45, 7) is 0.936. The zero-order valence-corrected chi connectivity index (χ0v) is 8.28. The SMILES string of the molecule is O=C(CS)N1CCC(O)C(CO)C1. The van der Waals surface area contributed by atoms with Crippen LogP contribution in [0.15, 0.2) is 0 Å². The lowest BCUT2D eigenvalue weighted by Gasteiger charge is -2.35. The number of rotatable bonds is 2. The highest BCUT2D eigenvalue weighted by molar-refractivity contribution is 7.81. The van der Waals surface area contributed by atoms with Crippen LogP contribution in [0, 0.1) is 5.92 Å². The summed E-state index contributed by atoms with van der Waals surface area (Å²) >= 11 is 3.89. The van der Waals surface area contributed by atoms with Gasteiger partial charge in [0.25, 0.3) is 0 Å². The van der Waals surface area contributed by atoms with Crippen molar-refractivity contribution in [3.63, 3.8) is 0 Å². The van der Waals surface area contributed by atoms with Crippen molar-refractivity contribution in [1.82, 2.24) is 4.90 Å². The van der Waals surface area contributed by atoms with E-state index in [9.17, 15) is 9.90 Å². The molecular formula is C8H15NO3S. The van der Waals surface area contributed by atoms with Crippen molar-refractivity contribution in [2.75, 3.05) is 25.4 Å². The third-order valence-electron chi connectivity index (χ3n) is 2.42. The predicted octanol–water partition coefficient (Wildman–Crippen LogP) is -0.882. The zero-order valence-electron chi connectivity index (χ0n) is 7.39. The maximum absolute atomic E-state index is 11.2. The molecule has 76 valence electrons. The average Bonchev–Trinajstić information content (AvgIpc) is 2.17. The molecule has 0 saturated carbocycles. The molecule has 0 spiro atoms. The van der Waals surface area contributed by atoms with Gasteiger partial charge < -0.3 is 15.1 Å². The van der Waals surface area contributed by atoms with Crippen molar-refractivity contribution in [3.8, 4) is 0 Å². The average molecular weight is 205 g/mol. The number of aliphatic hydroxyl groups excluding tert-OH is 2. The van der Waals surface area contributed by atoms with Crippen LogP contribution < -0.4 is 0 Å². The van der Waals surface area contributed by atoms with Gasteiger partial charge in [-0.15, -0.1) is 0 Å². The third-order valence-corrected chi connectivity index (χ3v) is 2.69. The summed E-state index contributed by atoms with van der Waals surface area (Å²) in [7, 11) is 0. The second-order valence-electron chi connectivity index (χ2n) is 3.30. The number of hydrogen-bond acceptors (Lipinski definition) is 4. The Hall–Kier alpha value is -0.260. The van der Waals surface area contributed by atoms with Gasteiger partial charge in [0.15, 0.2) is 0 Å². The number of nitrogens with zero attached hydrogens (tertiary/aromatic N) is 1. The van der Waals surface area contributed by atoms with Crippen LogP contribution in [0.3, 0.4) is 0 Å². The molecule has 1 amide bonds. The first-order valence-corrected chi connectivity index (χ1v) is 4.99. The molecule has 0 aliphatic carbocycles. The van der Waals surface area contributed by atoms with E-state index >= 15 is 0 Å². The Bertz CT molecular complexity index is 188. The molecule has 0 aromatic heterocycles. The molecule has 0 aromatic rings. The molecule has 2 atom stereocenters. The van der Waals surface area contributed by atoms with Gasteiger partial charge >= 0.3 is 0 Å². The molecule has 1 heterocycles. The first kappa shape index (κ1) is 10.8. The van der Waals surface area contributed by atoms with Gasteiger partial charge in [-0.05, 0) is 6.42 Å². The van der Waals surface area contributed by atoms with E-state index in [4.69, 9.17) is 5.11 Å². The number of carbonyl (C=O) groups excluding carboxylic acids is 1. The molecule has 4 nitrogen and oxygen atoms in total. The van der Waals surface area contributed by atoms with Crippen LogP contribution in [0.4, 0.5) is 0 Å². The molecule has 2 N–H and O–H groups in total. The number of carbonyl (C=O) groups is 1. The van der Waals surface area contributed by atoms with E-state index in [0.29, 0.717) is 19.5 Å². The van der Waals surface area contributed by atoms with E-state index in [1.165, 1.54) is 0 Å². The number of likely N-dealkylation sites (tertiary alicyclic amines) is 1. The fourth-order valence-corrected chi connectivity index (χ4v) is 1.73. The molecule has 1 aliphatic heterocycles. The van der Waals surface area contributed by atoms with E-state index in [1.54, 1.807) is 4.90 Å². The van der Waals surface area contributed by atoms with Gasteiger partial charge in [-0.3, -0.25) is 4.79 Å². The maximum Gasteiger partial charge on any atom is 0.232 e. The summed E-state index contributed by atoms with van der Waals surface area (Å²) in [6.07, 6.45) is 0.0686. The van der Waals surface area contributed by atoms with Crippen LogP contribution in [0.25, 0.3) is 0 Å². The topological polar surface area (TPSA) is 60.8 Å². The standard InChI is InChI=1S/C8H15NO3S/c10-4-6-3-9(8(12)5-13)2-1-7(6)11/h6-7,10-11,13H,1-5H2. The fraction of sp³-hybridized carbons (Fsp3) is 0.875. The van der Waals surface area contributed by atoms with Gasteiger partial charge in [0.2, 0.25) is 5.91 Å². The first-order chi connectivity index (χ1) is 6.19. The van der Waals surface area contributed by atoms with Crippen LogP contribution in [0.2, 0.25) is 0 Å². The minimum atomic E-state index is -0.478. The molecule has 0 aromatic carbocycles. The van der Waals surface area contributed by atoms with E-state index in [2.05, 4.69) is 12.6 Å². The Morgan fingerprint density at radius 3 is 2.85 bits per heavy atom. The van der Waals surface area contributed by atoms with Gasteiger partial charge in [0.1, 0.15) is 0 Å². The number of hydrogen-bond donors (Lipinski definition) is 3. The smallest absolute Gasteiger partial charge is 0.232 e. The van der Waals surface area contributed by atoms with Crippen LogP contribution >= 0.6 is 12.6 Å². The third kappa shape index (κ3) is 2.59. The predicted molar refractivity (Wildman–Crippen MR) is 51.6 cm³/mol. The van der Waals surface area contributed by atoms with Crippen LogP contribution in [-0.4, -0.2) is 52.6 Å². The summed E-state index contributed by atoms with van der Waals surface area (Å²) < 4.78 is 0. The number of thiol groups is 1. The molecule has 1 rings (SSSR count). The molecule has 1 saturated heterocycles. The summed E-state index contributed by atoms with van der Waals surface area (Å²) in [6, 6.07) is 0. The number of amides is 1. The summed E-state index contributed by atoms with van der Waals surface area (Å²) in [5.74, 6) is -0.0416. The van der Waals surface area contributed by atoms with Crippen LogP contribution in [0.1, 0.15) is 6.42 Å². The highest BCUT2D eigenvalue weighted by Crippen LogP contribution is 2.16. The second kappa shape index (κ2) is 4.83. The zero-order chi connectivity index (χ0) is 9.84. The lowest BCUT2D eigenvalue weighted by atomic mass is 9.95. The van der Waals surface area contributed by atoms with Crippen molar-refractivity contribution in [2.45, 2.75) is 12.5 Å². The van der Waals surface area contributed by atoms with Crippen LogP contribution in [0.5, 0.6) is 0 Å². The van der Waals surface area contributed by atoms with Crippen molar-refractivity contribution >= 4 is 18.5 Å². The first-order valence-electron chi connectivity index (χ1n) is 4.36. The Morgan fingerprint density at radius 2 is 2.31 bits per heavy atom. The molecule has 1 aliphatic rings. The summed E-state index contributed by atoms with van der Waals surface area (Å²) in [5.41, 5.74) is 0. The van der Waals surface area contributed by atoms with Gasteiger partial charge in [0, 0.05) is 19.0 Å². The molecule has 1 fully saturated rings. The van der Waals surface area contributed by atoms with Crippen molar-refractivity contribution < 1.29 is 15.0 Å². The van der Waals surface area contributed by atoms with Gasteiger partial charge in [-0.25, -0.2) is 0 Å². The Kier molecular flexibility index (Phi) is 4.02. The quantitative estimate of drug-likeness (QED) is 0.513. The highest BCUT2D eigenvalue weighted by Gasteiger charge is 2.28. The van der Waals surface area contributed by atoms with Crippen molar-refractivity contribution in [1.29, 1.82) is 0 Å². The Balaban J connectivity index is 2.49. The Morgan fingerprint density at radius 1 is 1.62 bits per heavy atom. The summed E-state index contributed by atoms with van der Waals surface area (Å²) in [4.78, 5) is 12.9. The second-order valence-corrected chi connectivity index (χ2v) is 3.61. The van der Waals surface area contributed by atoms with Gasteiger partial charge in [-0.2, -0.15) is 12.6 Å².